The molecule has 0 N–H and O–H groups in total. The molecule has 0 fully saturated rings. The molecule has 7 rings (SSSR count). The summed E-state index contributed by atoms with van der Waals surface area (Å²) in [4.78, 5) is 15.9. The lowest BCUT2D eigenvalue weighted by Crippen LogP contribution is -2.11. The lowest BCUT2D eigenvalue weighted by atomic mass is 10.1. The third kappa shape index (κ3) is 3.15. The van der Waals surface area contributed by atoms with Gasteiger partial charge in [0.1, 0.15) is 5.58 Å². The topological polar surface area (TPSA) is 33.5 Å². The van der Waals surface area contributed by atoms with Crippen molar-refractivity contribution in [1.29, 1.82) is 0 Å². The minimum atomic E-state index is -0.0126. The zero-order chi connectivity index (χ0) is 23.4. The smallest absolute Gasteiger partial charge is 0.200 e. The van der Waals surface area contributed by atoms with Crippen molar-refractivity contribution in [2.45, 2.75) is 0 Å². The molecule has 7 aromatic rings. The molecular formula is C31H19NO2S. The first kappa shape index (κ1) is 20.0. The van der Waals surface area contributed by atoms with Gasteiger partial charge in [0, 0.05) is 31.5 Å². The molecule has 35 heavy (non-hydrogen) atoms. The van der Waals surface area contributed by atoms with Gasteiger partial charge in [0.25, 0.3) is 0 Å². The van der Waals surface area contributed by atoms with E-state index in [-0.39, 0.29) is 5.43 Å². The fourth-order valence-electron chi connectivity index (χ4n) is 4.84. The Bertz CT molecular complexity index is 1880. The Labute approximate surface area is 205 Å². The molecule has 0 amide bonds. The van der Waals surface area contributed by atoms with Crippen LogP contribution in [0, 0.1) is 0 Å². The Morgan fingerprint density at radius 2 is 1.23 bits per heavy atom. The van der Waals surface area contributed by atoms with Gasteiger partial charge in [-0.05, 0) is 54.6 Å². The van der Waals surface area contributed by atoms with Crippen LogP contribution in [0.1, 0.15) is 0 Å². The number of benzene rings is 5. The van der Waals surface area contributed by atoms with Crippen molar-refractivity contribution in [3.05, 3.63) is 125 Å². The van der Waals surface area contributed by atoms with E-state index in [0.717, 1.165) is 27.1 Å². The molecular weight excluding hydrogens is 450 g/mol. The van der Waals surface area contributed by atoms with E-state index in [1.165, 1.54) is 10.1 Å². The number of nitrogens with zero attached hydrogens (tertiary/aromatic N) is 1. The third-order valence-electron chi connectivity index (χ3n) is 6.44. The van der Waals surface area contributed by atoms with Gasteiger partial charge in [0.05, 0.1) is 16.5 Å². The molecule has 2 heterocycles. The molecule has 3 nitrogen and oxygen atoms in total. The van der Waals surface area contributed by atoms with Crippen LogP contribution in [0.25, 0.3) is 42.1 Å². The number of anilines is 3. The highest BCUT2D eigenvalue weighted by Gasteiger charge is 2.19. The minimum absolute atomic E-state index is 0.0126. The average Bonchev–Trinajstić information content (AvgIpc) is 3.27. The van der Waals surface area contributed by atoms with Crippen LogP contribution in [0.4, 0.5) is 17.1 Å². The maximum atomic E-state index is 13.8. The first-order chi connectivity index (χ1) is 17.3. The minimum Gasteiger partial charge on any atom is -0.454 e. The summed E-state index contributed by atoms with van der Waals surface area (Å²) in [7, 11) is 0. The predicted octanol–water partition coefficient (Wildman–Crippen LogP) is 8.78. The SMILES string of the molecule is O=c1c2cc3c(cc2oc2c(N(c4ccccc4)c4ccccc4)cccc12)sc1ccccc13. The zero-order valence-corrected chi connectivity index (χ0v) is 19.5. The van der Waals surface area contributed by atoms with Crippen LogP contribution in [0.2, 0.25) is 0 Å². The molecule has 0 spiro atoms. The number of thiophene rings is 1. The predicted molar refractivity (Wildman–Crippen MR) is 148 cm³/mol. The summed E-state index contributed by atoms with van der Waals surface area (Å²) in [5.74, 6) is 0. The van der Waals surface area contributed by atoms with Gasteiger partial charge in [-0.3, -0.25) is 4.79 Å². The second-order valence-electron chi connectivity index (χ2n) is 8.53. The van der Waals surface area contributed by atoms with Gasteiger partial charge >= 0.3 is 0 Å². The summed E-state index contributed by atoms with van der Waals surface area (Å²) in [6, 6.07) is 38.4. The van der Waals surface area contributed by atoms with Gasteiger partial charge in [-0.2, -0.15) is 0 Å². The normalized spacial score (nSPS) is 11.5. The van der Waals surface area contributed by atoms with Gasteiger partial charge in [-0.25, -0.2) is 0 Å². The van der Waals surface area contributed by atoms with Crippen LogP contribution in [0.5, 0.6) is 0 Å². The standard InChI is InChI=1S/C31H19NO2S/c33-30-23-15-9-16-26(32(20-10-3-1-4-11-20)21-12-5-2-6-13-21)31(23)34-27-19-29-24(18-25(27)30)22-14-7-8-17-28(22)35-29/h1-19H. The van der Waals surface area contributed by atoms with Crippen LogP contribution in [0.3, 0.4) is 0 Å². The number of para-hydroxylation sites is 3. The highest BCUT2D eigenvalue weighted by atomic mass is 32.1. The van der Waals surface area contributed by atoms with Crippen molar-refractivity contribution in [1.82, 2.24) is 0 Å². The molecule has 0 aliphatic heterocycles. The summed E-state index contributed by atoms with van der Waals surface area (Å²) in [5, 5.41) is 3.44. The molecule has 0 unspecified atom stereocenters. The van der Waals surface area contributed by atoms with Gasteiger partial charge < -0.3 is 9.32 Å². The van der Waals surface area contributed by atoms with E-state index < -0.39 is 0 Å². The highest BCUT2D eigenvalue weighted by Crippen LogP contribution is 2.40. The monoisotopic (exact) mass is 469 g/mol. The molecule has 0 bridgehead atoms. The highest BCUT2D eigenvalue weighted by molar-refractivity contribution is 7.25. The quantitative estimate of drug-likeness (QED) is 0.243. The van der Waals surface area contributed by atoms with E-state index >= 15 is 0 Å². The molecule has 0 aliphatic carbocycles. The summed E-state index contributed by atoms with van der Waals surface area (Å²) < 4.78 is 8.87. The molecule has 2 aromatic heterocycles. The Morgan fingerprint density at radius 1 is 0.571 bits per heavy atom. The van der Waals surface area contributed by atoms with Crippen LogP contribution in [0.15, 0.2) is 124 Å². The fraction of sp³-hybridized carbons (Fsp3) is 0. The van der Waals surface area contributed by atoms with Crippen molar-refractivity contribution in [2.75, 3.05) is 4.90 Å². The Morgan fingerprint density at radius 3 is 1.97 bits per heavy atom. The molecule has 166 valence electrons. The molecule has 0 saturated heterocycles. The molecule has 0 atom stereocenters. The van der Waals surface area contributed by atoms with Crippen molar-refractivity contribution < 1.29 is 4.42 Å². The van der Waals surface area contributed by atoms with E-state index in [1.807, 2.05) is 78.9 Å². The Hall–Kier alpha value is -4.41. The lowest BCUT2D eigenvalue weighted by molar-refractivity contribution is 0.661. The van der Waals surface area contributed by atoms with Gasteiger partial charge in [0.2, 0.25) is 5.43 Å². The van der Waals surface area contributed by atoms with Crippen LogP contribution >= 0.6 is 11.3 Å². The second kappa shape index (κ2) is 7.83. The molecule has 4 heteroatoms. The van der Waals surface area contributed by atoms with E-state index in [4.69, 9.17) is 4.42 Å². The number of hydrogen-bond donors (Lipinski definition) is 0. The average molecular weight is 470 g/mol. The van der Waals surface area contributed by atoms with Gasteiger partial charge in [-0.1, -0.05) is 60.7 Å². The maximum absolute atomic E-state index is 13.8. The summed E-state index contributed by atoms with van der Waals surface area (Å²) in [5.41, 5.74) is 3.99. The first-order valence-corrected chi connectivity index (χ1v) is 12.3. The number of fused-ring (bicyclic) bond motifs is 5. The Kier molecular flexibility index (Phi) is 4.47. The lowest BCUT2D eigenvalue weighted by Gasteiger charge is -2.25. The van der Waals surface area contributed by atoms with Gasteiger partial charge in [0.15, 0.2) is 5.58 Å². The largest absolute Gasteiger partial charge is 0.454 e. The van der Waals surface area contributed by atoms with Crippen LogP contribution < -0.4 is 10.3 Å². The maximum Gasteiger partial charge on any atom is 0.200 e. The van der Waals surface area contributed by atoms with Crippen LogP contribution in [-0.4, -0.2) is 0 Å². The Balaban J connectivity index is 1.55. The summed E-state index contributed by atoms with van der Waals surface area (Å²) >= 11 is 1.72. The van der Waals surface area contributed by atoms with E-state index in [0.29, 0.717) is 21.9 Å². The molecule has 0 radical (unpaired) electrons. The molecule has 0 saturated carbocycles. The second-order valence-corrected chi connectivity index (χ2v) is 9.62. The number of hydrogen-bond acceptors (Lipinski definition) is 4. The van der Waals surface area contributed by atoms with Crippen LogP contribution in [-0.2, 0) is 0 Å². The fourth-order valence-corrected chi connectivity index (χ4v) is 5.95. The van der Waals surface area contributed by atoms with E-state index in [1.54, 1.807) is 11.3 Å². The molecule has 0 aliphatic rings. The van der Waals surface area contributed by atoms with E-state index in [9.17, 15) is 4.79 Å². The zero-order valence-electron chi connectivity index (χ0n) is 18.6. The van der Waals surface area contributed by atoms with Gasteiger partial charge in [-0.15, -0.1) is 11.3 Å². The first-order valence-electron chi connectivity index (χ1n) is 11.5. The van der Waals surface area contributed by atoms with Crippen molar-refractivity contribution in [2.24, 2.45) is 0 Å². The third-order valence-corrected chi connectivity index (χ3v) is 7.58. The van der Waals surface area contributed by atoms with Crippen molar-refractivity contribution >= 4 is 70.5 Å². The number of rotatable bonds is 3. The van der Waals surface area contributed by atoms with E-state index in [2.05, 4.69) is 41.3 Å². The van der Waals surface area contributed by atoms with Crippen molar-refractivity contribution in [3.63, 3.8) is 0 Å². The summed E-state index contributed by atoms with van der Waals surface area (Å²) in [6.45, 7) is 0. The summed E-state index contributed by atoms with van der Waals surface area (Å²) in [6.07, 6.45) is 0. The molecule has 5 aromatic carbocycles. The van der Waals surface area contributed by atoms with Crippen molar-refractivity contribution in [3.8, 4) is 0 Å².